The molecule has 0 aliphatic carbocycles. The number of nitrogens with zero attached hydrogens (tertiary/aromatic N) is 1. The van der Waals surface area contributed by atoms with Gasteiger partial charge in [-0.2, -0.15) is 0 Å². The molecule has 0 spiro atoms. The van der Waals surface area contributed by atoms with Crippen LogP contribution in [0.3, 0.4) is 0 Å². The summed E-state index contributed by atoms with van der Waals surface area (Å²) in [4.78, 5) is 25.5. The summed E-state index contributed by atoms with van der Waals surface area (Å²) in [5, 5.41) is 20.8. The lowest BCUT2D eigenvalue weighted by Gasteiger charge is -2.37. The second kappa shape index (κ2) is 15.4. The molecule has 0 bridgehead atoms. The van der Waals surface area contributed by atoms with Gasteiger partial charge >= 0.3 is 0 Å². The fraction of sp³-hybridized carbons (Fsp3) is 0.448. The third kappa shape index (κ3) is 9.34. The molecule has 9 nitrogen and oxygen atoms in total. The van der Waals surface area contributed by atoms with Gasteiger partial charge < -0.3 is 24.8 Å². The molecule has 1 saturated heterocycles. The first-order chi connectivity index (χ1) is 18.4. The Balaban J connectivity index is 1.60. The van der Waals surface area contributed by atoms with Crippen molar-refractivity contribution in [3.05, 3.63) is 77.9 Å². The number of hydrogen-bond acceptors (Lipinski definition) is 7. The average Bonchev–Trinajstić information content (AvgIpc) is 2.93. The maximum atomic E-state index is 12.3. The van der Waals surface area contributed by atoms with E-state index in [2.05, 4.69) is 16.8 Å². The van der Waals surface area contributed by atoms with E-state index in [9.17, 15) is 14.7 Å². The molecule has 0 saturated carbocycles. The van der Waals surface area contributed by atoms with Crippen LogP contribution in [0.4, 0.5) is 5.69 Å². The number of ether oxygens (including phenoxy) is 2. The molecule has 2 amide bonds. The SMILES string of the molecule is C=CCN(C)CC1CC(c2ccc(CO)cc2)OC(c2ccc(NC(=O)CCCCCC(=O)NO)cc2)O1. The van der Waals surface area contributed by atoms with E-state index >= 15 is 0 Å². The molecular formula is C29H39N3O6. The Labute approximate surface area is 224 Å². The van der Waals surface area contributed by atoms with E-state index in [-0.39, 0.29) is 31.1 Å². The number of amides is 2. The van der Waals surface area contributed by atoms with Gasteiger partial charge in [-0.3, -0.25) is 14.8 Å². The van der Waals surface area contributed by atoms with Crippen molar-refractivity contribution in [1.29, 1.82) is 0 Å². The molecule has 0 aromatic heterocycles. The third-order valence-electron chi connectivity index (χ3n) is 6.47. The maximum absolute atomic E-state index is 12.3. The van der Waals surface area contributed by atoms with E-state index in [1.807, 2.05) is 61.7 Å². The van der Waals surface area contributed by atoms with Crippen molar-refractivity contribution in [1.82, 2.24) is 10.4 Å². The zero-order valence-corrected chi connectivity index (χ0v) is 22.0. The van der Waals surface area contributed by atoms with Gasteiger partial charge in [-0.15, -0.1) is 6.58 Å². The summed E-state index contributed by atoms with van der Waals surface area (Å²) in [6, 6.07) is 15.3. The van der Waals surface area contributed by atoms with Crippen LogP contribution in [0.1, 0.15) is 67.6 Å². The third-order valence-corrected chi connectivity index (χ3v) is 6.47. The van der Waals surface area contributed by atoms with Crippen molar-refractivity contribution >= 4 is 17.5 Å². The second-order valence-corrected chi connectivity index (χ2v) is 9.63. The van der Waals surface area contributed by atoms with Crippen LogP contribution in [0.25, 0.3) is 0 Å². The Morgan fingerprint density at radius 3 is 2.29 bits per heavy atom. The van der Waals surface area contributed by atoms with Gasteiger partial charge in [0.2, 0.25) is 11.8 Å². The lowest BCUT2D eigenvalue weighted by Crippen LogP contribution is -2.37. The second-order valence-electron chi connectivity index (χ2n) is 9.63. The van der Waals surface area contributed by atoms with Gasteiger partial charge in [0.05, 0.1) is 18.8 Å². The summed E-state index contributed by atoms with van der Waals surface area (Å²) < 4.78 is 12.7. The quantitative estimate of drug-likeness (QED) is 0.126. The molecule has 3 unspecified atom stereocenters. The molecular weight excluding hydrogens is 486 g/mol. The van der Waals surface area contributed by atoms with Gasteiger partial charge in [0.25, 0.3) is 0 Å². The van der Waals surface area contributed by atoms with E-state index in [1.54, 1.807) is 5.48 Å². The van der Waals surface area contributed by atoms with E-state index in [4.69, 9.17) is 14.7 Å². The molecule has 38 heavy (non-hydrogen) atoms. The highest BCUT2D eigenvalue weighted by atomic mass is 16.7. The summed E-state index contributed by atoms with van der Waals surface area (Å²) in [6.07, 6.45) is 4.40. The normalized spacial score (nSPS) is 19.2. The number of benzene rings is 2. The molecule has 4 N–H and O–H groups in total. The van der Waals surface area contributed by atoms with Crippen LogP contribution >= 0.6 is 0 Å². The topological polar surface area (TPSA) is 120 Å². The summed E-state index contributed by atoms with van der Waals surface area (Å²) in [7, 11) is 2.03. The standard InChI is InChI=1S/C29H39N3O6/c1-3-17-32(2)19-25-18-26(22-11-9-21(20-33)10-12-22)38-29(37-25)23-13-15-24(16-14-23)30-27(34)7-5-4-6-8-28(35)31-36/h3,9-16,25-26,29,33,36H,1,4-8,17-20H2,2H3,(H,30,34)(H,31,35). The van der Waals surface area contributed by atoms with E-state index < -0.39 is 12.2 Å². The van der Waals surface area contributed by atoms with Crippen LogP contribution in [-0.4, -0.2) is 53.3 Å². The largest absolute Gasteiger partial charge is 0.392 e. The minimum Gasteiger partial charge on any atom is -0.392 e. The predicted molar refractivity (Wildman–Crippen MR) is 144 cm³/mol. The molecule has 1 heterocycles. The van der Waals surface area contributed by atoms with Gasteiger partial charge in [-0.1, -0.05) is 48.9 Å². The van der Waals surface area contributed by atoms with E-state index in [0.29, 0.717) is 31.4 Å². The number of rotatable bonds is 14. The Morgan fingerprint density at radius 1 is 1.00 bits per heavy atom. The molecule has 206 valence electrons. The lowest BCUT2D eigenvalue weighted by molar-refractivity contribution is -0.252. The van der Waals surface area contributed by atoms with Gasteiger partial charge in [0.1, 0.15) is 0 Å². The number of aliphatic hydroxyl groups excluding tert-OH is 1. The number of hydrogen-bond donors (Lipinski definition) is 4. The van der Waals surface area contributed by atoms with Crippen LogP contribution < -0.4 is 10.8 Å². The summed E-state index contributed by atoms with van der Waals surface area (Å²) in [6.45, 7) is 5.31. The molecule has 2 aromatic carbocycles. The molecule has 2 aromatic rings. The highest BCUT2D eigenvalue weighted by Gasteiger charge is 2.32. The number of carbonyl (C=O) groups excluding carboxylic acids is 2. The predicted octanol–water partition coefficient (Wildman–Crippen LogP) is 4.24. The average molecular weight is 526 g/mol. The zero-order chi connectivity index (χ0) is 27.3. The van der Waals surface area contributed by atoms with Crippen LogP contribution in [0, 0.1) is 0 Å². The number of aliphatic hydroxyl groups is 1. The molecule has 1 fully saturated rings. The first-order valence-corrected chi connectivity index (χ1v) is 13.0. The van der Waals surface area contributed by atoms with Crippen molar-refractivity contribution in [2.24, 2.45) is 0 Å². The minimum absolute atomic E-state index is 0.00124. The summed E-state index contributed by atoms with van der Waals surface area (Å²) in [5.41, 5.74) is 5.04. The van der Waals surface area contributed by atoms with Crippen molar-refractivity contribution in [3.8, 4) is 0 Å². The molecule has 9 heteroatoms. The number of hydroxylamine groups is 1. The summed E-state index contributed by atoms with van der Waals surface area (Å²) in [5.74, 6) is -0.507. The fourth-order valence-electron chi connectivity index (χ4n) is 4.43. The maximum Gasteiger partial charge on any atom is 0.243 e. The highest BCUT2D eigenvalue weighted by molar-refractivity contribution is 5.90. The van der Waals surface area contributed by atoms with E-state index in [1.165, 1.54) is 0 Å². The minimum atomic E-state index is -0.561. The van der Waals surface area contributed by atoms with Crippen molar-refractivity contribution in [2.45, 2.75) is 63.6 Å². The first-order valence-electron chi connectivity index (χ1n) is 13.0. The van der Waals surface area contributed by atoms with Crippen molar-refractivity contribution in [2.75, 3.05) is 25.5 Å². The van der Waals surface area contributed by atoms with Gasteiger partial charge in [0.15, 0.2) is 6.29 Å². The van der Waals surface area contributed by atoms with Gasteiger partial charge in [-0.05, 0) is 43.1 Å². The van der Waals surface area contributed by atoms with E-state index in [0.717, 1.165) is 36.2 Å². The number of nitrogens with one attached hydrogen (secondary N) is 2. The van der Waals surface area contributed by atoms with Gasteiger partial charge in [-0.25, -0.2) is 5.48 Å². The number of carbonyl (C=O) groups is 2. The number of unbranched alkanes of at least 4 members (excludes halogenated alkanes) is 2. The molecule has 1 aliphatic rings. The number of likely N-dealkylation sites (N-methyl/N-ethyl adjacent to an activating group) is 1. The molecule has 1 aliphatic heterocycles. The molecule has 0 radical (unpaired) electrons. The summed E-state index contributed by atoms with van der Waals surface area (Å²) >= 11 is 0. The molecule has 3 atom stereocenters. The van der Waals surface area contributed by atoms with Crippen LogP contribution in [0.15, 0.2) is 61.2 Å². The Morgan fingerprint density at radius 2 is 1.66 bits per heavy atom. The first kappa shape index (κ1) is 29.5. The van der Waals surface area contributed by atoms with Crippen LogP contribution in [0.2, 0.25) is 0 Å². The zero-order valence-electron chi connectivity index (χ0n) is 22.0. The highest BCUT2D eigenvalue weighted by Crippen LogP contribution is 2.38. The Kier molecular flexibility index (Phi) is 11.9. The molecule has 3 rings (SSSR count). The van der Waals surface area contributed by atoms with Crippen molar-refractivity contribution < 1.29 is 29.4 Å². The van der Waals surface area contributed by atoms with Crippen LogP contribution in [-0.2, 0) is 25.7 Å². The number of anilines is 1. The Bertz CT molecular complexity index is 1030. The smallest absolute Gasteiger partial charge is 0.243 e. The van der Waals surface area contributed by atoms with Crippen molar-refractivity contribution in [3.63, 3.8) is 0 Å². The Hall–Kier alpha value is -3.08. The fourth-order valence-corrected chi connectivity index (χ4v) is 4.43. The monoisotopic (exact) mass is 525 g/mol. The van der Waals surface area contributed by atoms with Gasteiger partial charge in [0, 0.05) is 43.6 Å². The lowest BCUT2D eigenvalue weighted by atomic mass is 9.99. The van der Waals surface area contributed by atoms with Crippen LogP contribution in [0.5, 0.6) is 0 Å².